The first kappa shape index (κ1) is 21.8. The average molecular weight is 350 g/mol. The van der Waals surface area contributed by atoms with Gasteiger partial charge in [-0.05, 0) is 55.9 Å². The first-order valence-electron chi connectivity index (χ1n) is 7.39. The maximum atomic E-state index is 4.60. The van der Waals surface area contributed by atoms with Gasteiger partial charge in [-0.25, -0.2) is 0 Å². The van der Waals surface area contributed by atoms with E-state index in [1.165, 1.54) is 30.4 Å². The van der Waals surface area contributed by atoms with Gasteiger partial charge in [0, 0.05) is 22.4 Å². The minimum absolute atomic E-state index is 0. The summed E-state index contributed by atoms with van der Waals surface area (Å²) in [4.78, 5) is 0. The Morgan fingerprint density at radius 3 is 2.25 bits per heavy atom. The van der Waals surface area contributed by atoms with Crippen LogP contribution in [0.15, 0.2) is 6.07 Å². The maximum absolute atomic E-state index is 4.60. The second kappa shape index (κ2) is 11.2. The largest absolute Gasteiger partial charge is 0.336 e. The van der Waals surface area contributed by atoms with E-state index in [9.17, 15) is 0 Å². The van der Waals surface area contributed by atoms with Crippen molar-refractivity contribution in [3.05, 3.63) is 40.8 Å². The summed E-state index contributed by atoms with van der Waals surface area (Å²) in [5.41, 5.74) is 7.67. The third-order valence-electron chi connectivity index (χ3n) is 3.53. The number of hydrogen-bond donors (Lipinski definition) is 0. The molecule has 1 unspecified atom stereocenters. The summed E-state index contributed by atoms with van der Waals surface area (Å²) in [6.45, 7) is 16.6. The Hall–Kier alpha value is -0.480. The Labute approximate surface area is 142 Å². The van der Waals surface area contributed by atoms with Crippen LogP contribution in [0.1, 0.15) is 67.9 Å². The molecule has 0 bridgehead atoms. The predicted molar refractivity (Wildman–Crippen MR) is 87.6 cm³/mol. The minimum atomic E-state index is 0. The molecule has 0 saturated carbocycles. The second-order valence-electron chi connectivity index (χ2n) is 4.76. The molecule has 2 rings (SSSR count). The molecule has 1 atom stereocenters. The topological polar surface area (TPSA) is 0 Å². The number of hydrogen-bond acceptors (Lipinski definition) is 0. The quantitative estimate of drug-likeness (QED) is 0.362. The van der Waals surface area contributed by atoms with E-state index in [4.69, 9.17) is 0 Å². The minimum Gasteiger partial charge on any atom is -0.336 e. The molecule has 0 aromatic heterocycles. The molecular formula is C19H29Nb-. The summed E-state index contributed by atoms with van der Waals surface area (Å²) >= 11 is 0. The molecule has 111 valence electrons. The summed E-state index contributed by atoms with van der Waals surface area (Å²) in [5.74, 6) is 2.79. The van der Waals surface area contributed by atoms with Crippen LogP contribution < -0.4 is 0 Å². The zero-order chi connectivity index (χ0) is 15.0. The van der Waals surface area contributed by atoms with E-state index in [0.29, 0.717) is 5.92 Å². The van der Waals surface area contributed by atoms with Crippen LogP contribution in [0.25, 0.3) is 0 Å². The van der Waals surface area contributed by atoms with Crippen LogP contribution in [0, 0.1) is 33.1 Å². The van der Waals surface area contributed by atoms with Crippen molar-refractivity contribution in [3.63, 3.8) is 0 Å². The molecule has 1 aliphatic carbocycles. The van der Waals surface area contributed by atoms with E-state index in [0.717, 1.165) is 0 Å². The predicted octanol–water partition coefficient (Wildman–Crippen LogP) is 5.39. The molecule has 1 radical (unpaired) electrons. The van der Waals surface area contributed by atoms with Crippen LogP contribution >= 0.6 is 0 Å². The van der Waals surface area contributed by atoms with E-state index in [1.807, 2.05) is 13.8 Å². The summed E-state index contributed by atoms with van der Waals surface area (Å²) in [6, 6.07) is 2.33. The van der Waals surface area contributed by atoms with Gasteiger partial charge in [0.2, 0.25) is 0 Å². The first-order chi connectivity index (χ1) is 9.06. The molecule has 0 amide bonds. The SMILES string of the molecule is C#CC.CC.[CH2-]C1CCc2c(CC)c(C)cc(C)c21.[Nb]. The number of aryl methyl sites for hydroxylation is 2. The summed E-state index contributed by atoms with van der Waals surface area (Å²) < 4.78 is 0. The fourth-order valence-corrected chi connectivity index (χ4v) is 2.94. The molecule has 0 heterocycles. The fraction of sp³-hybridized carbons (Fsp3) is 0.526. The van der Waals surface area contributed by atoms with Crippen molar-refractivity contribution in [1.82, 2.24) is 0 Å². The van der Waals surface area contributed by atoms with Gasteiger partial charge in [0.25, 0.3) is 0 Å². The van der Waals surface area contributed by atoms with Gasteiger partial charge in [-0.3, -0.25) is 0 Å². The van der Waals surface area contributed by atoms with E-state index in [2.05, 4.69) is 46.1 Å². The molecule has 1 aromatic carbocycles. The van der Waals surface area contributed by atoms with Crippen LogP contribution in [-0.2, 0) is 35.2 Å². The van der Waals surface area contributed by atoms with Gasteiger partial charge in [-0.1, -0.05) is 38.8 Å². The van der Waals surface area contributed by atoms with Crippen molar-refractivity contribution in [2.24, 2.45) is 0 Å². The Balaban J connectivity index is 0. The van der Waals surface area contributed by atoms with E-state index in [-0.39, 0.29) is 22.4 Å². The third-order valence-corrected chi connectivity index (χ3v) is 3.53. The monoisotopic (exact) mass is 350 g/mol. The van der Waals surface area contributed by atoms with E-state index >= 15 is 0 Å². The van der Waals surface area contributed by atoms with Gasteiger partial charge < -0.3 is 6.92 Å². The maximum Gasteiger partial charge on any atom is 0 e. The summed E-state index contributed by atoms with van der Waals surface area (Å²) in [6.07, 6.45) is 8.25. The molecule has 0 nitrogen and oxygen atoms in total. The fourth-order valence-electron chi connectivity index (χ4n) is 2.94. The smallest absolute Gasteiger partial charge is 0 e. The van der Waals surface area contributed by atoms with Gasteiger partial charge in [0.05, 0.1) is 0 Å². The molecule has 20 heavy (non-hydrogen) atoms. The van der Waals surface area contributed by atoms with Crippen LogP contribution in [0.5, 0.6) is 0 Å². The Bertz CT molecular complexity index is 438. The number of fused-ring (bicyclic) bond motifs is 1. The number of terminal acetylenes is 1. The normalized spacial score (nSPS) is 14.6. The molecule has 1 aromatic rings. The average Bonchev–Trinajstić information content (AvgIpc) is 2.76. The molecular weight excluding hydrogens is 321 g/mol. The van der Waals surface area contributed by atoms with Gasteiger partial charge >= 0.3 is 0 Å². The van der Waals surface area contributed by atoms with Crippen molar-refractivity contribution < 1.29 is 22.4 Å². The van der Waals surface area contributed by atoms with Gasteiger partial charge in [-0.15, -0.1) is 18.3 Å². The van der Waals surface area contributed by atoms with Gasteiger partial charge in [-0.2, -0.15) is 0 Å². The van der Waals surface area contributed by atoms with Gasteiger partial charge in [0.1, 0.15) is 0 Å². The molecule has 0 N–H and O–H groups in total. The number of rotatable bonds is 1. The van der Waals surface area contributed by atoms with Crippen molar-refractivity contribution in [2.45, 2.75) is 66.7 Å². The van der Waals surface area contributed by atoms with Crippen molar-refractivity contribution >= 4 is 0 Å². The van der Waals surface area contributed by atoms with Crippen molar-refractivity contribution in [3.8, 4) is 12.3 Å². The Morgan fingerprint density at radius 1 is 1.30 bits per heavy atom. The van der Waals surface area contributed by atoms with Crippen molar-refractivity contribution in [2.75, 3.05) is 0 Å². The van der Waals surface area contributed by atoms with Crippen LogP contribution in [-0.4, -0.2) is 0 Å². The second-order valence-corrected chi connectivity index (χ2v) is 4.76. The molecule has 0 aliphatic heterocycles. The zero-order valence-electron chi connectivity index (χ0n) is 14.0. The van der Waals surface area contributed by atoms with Crippen LogP contribution in [0.2, 0.25) is 0 Å². The van der Waals surface area contributed by atoms with Gasteiger partial charge in [0.15, 0.2) is 0 Å². The van der Waals surface area contributed by atoms with E-state index < -0.39 is 0 Å². The molecule has 0 fully saturated rings. The zero-order valence-corrected chi connectivity index (χ0v) is 16.2. The molecule has 0 spiro atoms. The summed E-state index contributed by atoms with van der Waals surface area (Å²) in [5, 5.41) is 0. The van der Waals surface area contributed by atoms with Crippen LogP contribution in [0.4, 0.5) is 0 Å². The third kappa shape index (κ3) is 5.13. The first-order valence-corrected chi connectivity index (χ1v) is 7.39. The molecule has 0 saturated heterocycles. The Morgan fingerprint density at radius 2 is 1.80 bits per heavy atom. The molecule has 1 aliphatic rings. The standard InChI is InChI=1S/C14H19.C3H4.C2H6.Nb/c1-5-12-10(3)8-11(4)14-9(2)6-7-13(12)14;1-3-2;1-2;/h8-9H,2,5-7H2,1,3-4H3;1H,2H3;1-2H3;/q-1;;;. The number of benzene rings is 1. The summed E-state index contributed by atoms with van der Waals surface area (Å²) in [7, 11) is 0. The Kier molecular flexibility index (Phi) is 12.2. The van der Waals surface area contributed by atoms with Crippen LogP contribution in [0.3, 0.4) is 0 Å². The van der Waals surface area contributed by atoms with E-state index in [1.54, 1.807) is 23.6 Å². The molecule has 1 heteroatoms. The van der Waals surface area contributed by atoms with Crippen molar-refractivity contribution in [1.29, 1.82) is 0 Å².